The van der Waals surface area contributed by atoms with Crippen molar-refractivity contribution >= 4 is 22.6 Å². The Morgan fingerprint density at radius 1 is 0.833 bits per heavy atom. The third-order valence-electron chi connectivity index (χ3n) is 6.65. The zero-order valence-corrected chi connectivity index (χ0v) is 20.0. The fourth-order valence-corrected chi connectivity index (χ4v) is 4.62. The summed E-state index contributed by atoms with van der Waals surface area (Å²) in [6, 6.07) is 24.0. The van der Waals surface area contributed by atoms with Gasteiger partial charge in [-0.25, -0.2) is 19.6 Å². The summed E-state index contributed by atoms with van der Waals surface area (Å²) in [5.74, 6) is 1.57. The summed E-state index contributed by atoms with van der Waals surface area (Å²) in [5, 5.41) is 5.56. The predicted molar refractivity (Wildman–Crippen MR) is 139 cm³/mol. The summed E-state index contributed by atoms with van der Waals surface area (Å²) >= 11 is 0. The van der Waals surface area contributed by atoms with Crippen molar-refractivity contribution in [1.29, 1.82) is 0 Å². The number of fused-ring (bicyclic) bond motifs is 1. The van der Waals surface area contributed by atoms with Crippen LogP contribution in [0.25, 0.3) is 28.0 Å². The first kappa shape index (κ1) is 21.9. The highest BCUT2D eigenvalue weighted by molar-refractivity contribution is 5.95. The molecule has 8 nitrogen and oxygen atoms in total. The van der Waals surface area contributed by atoms with Gasteiger partial charge in [0.25, 0.3) is 5.91 Å². The number of para-hydroxylation sites is 1. The van der Waals surface area contributed by atoms with Crippen LogP contribution in [0.5, 0.6) is 0 Å². The second kappa shape index (κ2) is 9.22. The van der Waals surface area contributed by atoms with Crippen LogP contribution in [0.3, 0.4) is 0 Å². The minimum absolute atomic E-state index is 0.00755. The number of carbonyl (C=O) groups excluding carboxylic acids is 1. The number of nitrogens with zero attached hydrogens (tertiary/aromatic N) is 7. The van der Waals surface area contributed by atoms with Crippen molar-refractivity contribution in [2.45, 2.75) is 6.92 Å². The van der Waals surface area contributed by atoms with Gasteiger partial charge in [-0.3, -0.25) is 4.79 Å². The van der Waals surface area contributed by atoms with E-state index in [1.165, 1.54) is 0 Å². The molecule has 0 unspecified atom stereocenters. The van der Waals surface area contributed by atoms with Crippen molar-refractivity contribution in [2.75, 3.05) is 31.1 Å². The van der Waals surface area contributed by atoms with E-state index in [9.17, 15) is 4.79 Å². The van der Waals surface area contributed by atoms with Gasteiger partial charge < -0.3 is 9.80 Å². The van der Waals surface area contributed by atoms with Crippen LogP contribution in [0.4, 0.5) is 5.82 Å². The second-order valence-electron chi connectivity index (χ2n) is 8.82. The summed E-state index contributed by atoms with van der Waals surface area (Å²) in [6.07, 6.45) is 3.26. The highest BCUT2D eigenvalue weighted by Crippen LogP contribution is 2.23. The molecule has 0 atom stereocenters. The van der Waals surface area contributed by atoms with Crippen LogP contribution in [0.2, 0.25) is 0 Å². The van der Waals surface area contributed by atoms with Crippen LogP contribution in [0.15, 0.2) is 85.3 Å². The molecule has 0 spiro atoms. The Kier molecular flexibility index (Phi) is 5.61. The molecule has 1 fully saturated rings. The zero-order chi connectivity index (χ0) is 24.5. The van der Waals surface area contributed by atoms with Gasteiger partial charge in [0.1, 0.15) is 12.1 Å². The first-order chi connectivity index (χ1) is 17.7. The summed E-state index contributed by atoms with van der Waals surface area (Å²) in [6.45, 7) is 4.55. The van der Waals surface area contributed by atoms with E-state index in [0.29, 0.717) is 37.6 Å². The molecule has 0 N–H and O–H groups in total. The van der Waals surface area contributed by atoms with Crippen molar-refractivity contribution in [1.82, 2.24) is 29.6 Å². The van der Waals surface area contributed by atoms with Gasteiger partial charge in [-0.2, -0.15) is 5.10 Å². The van der Waals surface area contributed by atoms with Gasteiger partial charge in [0.05, 0.1) is 28.7 Å². The van der Waals surface area contributed by atoms with Crippen molar-refractivity contribution in [3.8, 4) is 17.1 Å². The third-order valence-corrected chi connectivity index (χ3v) is 6.65. The summed E-state index contributed by atoms with van der Waals surface area (Å²) in [5.41, 5.74) is 4.24. The highest BCUT2D eigenvalue weighted by atomic mass is 16.2. The highest BCUT2D eigenvalue weighted by Gasteiger charge is 2.26. The SMILES string of the molecule is Cc1c(C(=O)N2CCN(c3cc(-c4ccccc4)ncn3)CC2)cnn1-c1ccc2ccccc2n1. The average Bonchev–Trinajstić information content (AvgIpc) is 3.34. The molecule has 0 saturated carbocycles. The number of hydrogen-bond acceptors (Lipinski definition) is 6. The molecule has 3 aromatic heterocycles. The topological polar surface area (TPSA) is 80.0 Å². The van der Waals surface area contributed by atoms with E-state index in [4.69, 9.17) is 4.98 Å². The molecule has 1 aliphatic rings. The van der Waals surface area contributed by atoms with E-state index in [0.717, 1.165) is 33.7 Å². The molecular weight excluding hydrogens is 450 g/mol. The Bertz CT molecular complexity index is 1540. The minimum Gasteiger partial charge on any atom is -0.353 e. The lowest BCUT2D eigenvalue weighted by atomic mass is 10.1. The van der Waals surface area contributed by atoms with Gasteiger partial charge in [-0.1, -0.05) is 48.5 Å². The zero-order valence-electron chi connectivity index (χ0n) is 20.0. The average molecular weight is 476 g/mol. The molecule has 1 saturated heterocycles. The molecular formula is C28H25N7O. The lowest BCUT2D eigenvalue weighted by Gasteiger charge is -2.35. The van der Waals surface area contributed by atoms with Crippen molar-refractivity contribution in [3.05, 3.63) is 96.6 Å². The molecule has 8 heteroatoms. The Labute approximate surface area is 208 Å². The molecule has 5 aromatic rings. The number of anilines is 1. The predicted octanol–water partition coefficient (Wildman–Crippen LogP) is 4.15. The summed E-state index contributed by atoms with van der Waals surface area (Å²) in [4.78, 5) is 31.1. The molecule has 0 aliphatic carbocycles. The fraction of sp³-hybridized carbons (Fsp3) is 0.179. The van der Waals surface area contributed by atoms with E-state index >= 15 is 0 Å². The van der Waals surface area contributed by atoms with Crippen LogP contribution in [-0.2, 0) is 0 Å². The van der Waals surface area contributed by atoms with Crippen LogP contribution in [0, 0.1) is 6.92 Å². The smallest absolute Gasteiger partial charge is 0.257 e. The lowest BCUT2D eigenvalue weighted by Crippen LogP contribution is -2.49. The quantitative estimate of drug-likeness (QED) is 0.389. The number of benzene rings is 2. The summed E-state index contributed by atoms with van der Waals surface area (Å²) in [7, 11) is 0. The normalized spacial score (nSPS) is 13.8. The van der Waals surface area contributed by atoms with Crippen LogP contribution < -0.4 is 4.90 Å². The Balaban J connectivity index is 1.16. The molecule has 0 radical (unpaired) electrons. The van der Waals surface area contributed by atoms with E-state index in [1.807, 2.05) is 84.6 Å². The molecule has 4 heterocycles. The van der Waals surface area contributed by atoms with Crippen LogP contribution in [-0.4, -0.2) is 61.7 Å². The number of aromatic nitrogens is 5. The number of piperazine rings is 1. The monoisotopic (exact) mass is 475 g/mol. The van der Waals surface area contributed by atoms with Gasteiger partial charge in [-0.05, 0) is 25.1 Å². The minimum atomic E-state index is -0.00755. The third kappa shape index (κ3) is 4.07. The van der Waals surface area contributed by atoms with Gasteiger partial charge in [0, 0.05) is 43.2 Å². The van der Waals surface area contributed by atoms with E-state index < -0.39 is 0 Å². The lowest BCUT2D eigenvalue weighted by molar-refractivity contribution is 0.0745. The first-order valence-corrected chi connectivity index (χ1v) is 12.0. The molecule has 0 bridgehead atoms. The second-order valence-corrected chi connectivity index (χ2v) is 8.82. The van der Waals surface area contributed by atoms with Gasteiger partial charge in [-0.15, -0.1) is 0 Å². The molecule has 6 rings (SSSR count). The summed E-state index contributed by atoms with van der Waals surface area (Å²) < 4.78 is 1.74. The maximum atomic E-state index is 13.4. The molecule has 36 heavy (non-hydrogen) atoms. The van der Waals surface area contributed by atoms with Crippen molar-refractivity contribution in [3.63, 3.8) is 0 Å². The van der Waals surface area contributed by atoms with Crippen molar-refractivity contribution in [2.24, 2.45) is 0 Å². The van der Waals surface area contributed by atoms with E-state index in [2.05, 4.69) is 20.0 Å². The Morgan fingerprint density at radius 2 is 1.61 bits per heavy atom. The fourth-order valence-electron chi connectivity index (χ4n) is 4.62. The standard InChI is InChI=1S/C28H25N7O/c1-20-23(18-31-35(20)26-12-11-22-9-5-6-10-24(22)32-26)28(36)34-15-13-33(14-16-34)27-17-25(29-19-30-27)21-7-3-2-4-8-21/h2-12,17-19H,13-16H2,1H3. The molecule has 1 amide bonds. The van der Waals surface area contributed by atoms with Gasteiger partial charge >= 0.3 is 0 Å². The van der Waals surface area contributed by atoms with Crippen molar-refractivity contribution < 1.29 is 4.79 Å². The maximum Gasteiger partial charge on any atom is 0.257 e. The number of amides is 1. The Hall–Kier alpha value is -4.59. The Morgan fingerprint density at radius 3 is 2.44 bits per heavy atom. The van der Waals surface area contributed by atoms with Gasteiger partial charge in [0.2, 0.25) is 0 Å². The number of rotatable bonds is 4. The largest absolute Gasteiger partial charge is 0.353 e. The van der Waals surface area contributed by atoms with Gasteiger partial charge in [0.15, 0.2) is 5.82 Å². The number of carbonyl (C=O) groups is 1. The van der Waals surface area contributed by atoms with Crippen LogP contribution in [0.1, 0.15) is 16.1 Å². The van der Waals surface area contributed by atoms with E-state index in [-0.39, 0.29) is 5.91 Å². The van der Waals surface area contributed by atoms with Crippen LogP contribution >= 0.6 is 0 Å². The number of hydrogen-bond donors (Lipinski definition) is 0. The first-order valence-electron chi connectivity index (χ1n) is 12.0. The molecule has 2 aromatic carbocycles. The van der Waals surface area contributed by atoms with E-state index in [1.54, 1.807) is 17.2 Å². The number of pyridine rings is 1. The maximum absolute atomic E-state index is 13.4. The molecule has 1 aliphatic heterocycles. The molecule has 178 valence electrons.